The molecule has 0 aromatic heterocycles. The summed E-state index contributed by atoms with van der Waals surface area (Å²) in [6.07, 6.45) is 1.06. The highest BCUT2D eigenvalue weighted by Crippen LogP contribution is 2.12. The molecule has 1 aliphatic rings. The van der Waals surface area contributed by atoms with E-state index in [9.17, 15) is 9.90 Å². The number of hydrogen-bond donors (Lipinski definition) is 2. The molecule has 1 fully saturated rings. The maximum Gasteiger partial charge on any atom is 0.227 e. The molecule has 0 bridgehead atoms. The Morgan fingerprint density at radius 1 is 1.40 bits per heavy atom. The van der Waals surface area contributed by atoms with Gasteiger partial charge in [0.1, 0.15) is 0 Å². The lowest BCUT2D eigenvalue weighted by molar-refractivity contribution is -0.138. The largest absolute Gasteiger partial charge is 0.396 e. The van der Waals surface area contributed by atoms with E-state index in [1.807, 2.05) is 13.8 Å². The molecule has 1 saturated heterocycles. The van der Waals surface area contributed by atoms with Crippen LogP contribution in [0.15, 0.2) is 0 Å². The number of aliphatic hydroxyl groups excluding tert-OH is 2. The zero-order valence-corrected chi connectivity index (χ0v) is 9.94. The van der Waals surface area contributed by atoms with Gasteiger partial charge in [-0.1, -0.05) is 20.8 Å². The van der Waals surface area contributed by atoms with E-state index in [-0.39, 0.29) is 24.5 Å². The molecule has 15 heavy (non-hydrogen) atoms. The van der Waals surface area contributed by atoms with Crippen LogP contribution in [0.3, 0.4) is 0 Å². The first-order chi connectivity index (χ1) is 7.15. The topological polar surface area (TPSA) is 60.8 Å². The van der Waals surface area contributed by atoms with E-state index in [1.54, 1.807) is 11.8 Å². The summed E-state index contributed by atoms with van der Waals surface area (Å²) in [6.45, 7) is 6.85. The van der Waals surface area contributed by atoms with Crippen LogP contribution in [0.25, 0.3) is 0 Å². The van der Waals surface area contributed by atoms with Crippen LogP contribution in [0.5, 0.6) is 0 Å². The minimum atomic E-state index is -0.310. The Balaban J connectivity index is 0.000000921. The third kappa shape index (κ3) is 4.62. The third-order valence-corrected chi connectivity index (χ3v) is 2.47. The van der Waals surface area contributed by atoms with Crippen LogP contribution in [-0.2, 0) is 4.79 Å². The van der Waals surface area contributed by atoms with Crippen molar-refractivity contribution in [3.8, 4) is 0 Å². The van der Waals surface area contributed by atoms with Crippen molar-refractivity contribution in [2.75, 3.05) is 19.7 Å². The average molecular weight is 217 g/mol. The Kier molecular flexibility index (Phi) is 7.34. The fourth-order valence-electron chi connectivity index (χ4n) is 1.48. The molecular formula is C11H23NO3. The molecule has 0 spiro atoms. The highest BCUT2D eigenvalue weighted by atomic mass is 16.3. The number of carbonyl (C=O) groups excluding carboxylic acids is 1. The van der Waals surface area contributed by atoms with E-state index >= 15 is 0 Å². The van der Waals surface area contributed by atoms with Crippen LogP contribution < -0.4 is 0 Å². The SMILES string of the molecule is CC.CC(CO)C(=O)N1CCC(O)CC1. The van der Waals surface area contributed by atoms with Crippen molar-refractivity contribution >= 4 is 5.91 Å². The second kappa shape index (κ2) is 7.65. The lowest BCUT2D eigenvalue weighted by atomic mass is 10.1. The Hall–Kier alpha value is -0.610. The minimum Gasteiger partial charge on any atom is -0.396 e. The van der Waals surface area contributed by atoms with Gasteiger partial charge in [0, 0.05) is 13.1 Å². The number of piperidine rings is 1. The summed E-state index contributed by atoms with van der Waals surface area (Å²) >= 11 is 0. The first kappa shape index (κ1) is 14.4. The fourth-order valence-corrected chi connectivity index (χ4v) is 1.48. The Labute approximate surface area is 91.9 Å². The average Bonchev–Trinajstić information content (AvgIpc) is 2.31. The van der Waals surface area contributed by atoms with Gasteiger partial charge in [-0.25, -0.2) is 0 Å². The lowest BCUT2D eigenvalue weighted by Crippen LogP contribution is -2.43. The maximum atomic E-state index is 11.5. The van der Waals surface area contributed by atoms with E-state index in [4.69, 9.17) is 5.11 Å². The van der Waals surface area contributed by atoms with Crippen molar-refractivity contribution in [3.63, 3.8) is 0 Å². The number of nitrogens with zero attached hydrogens (tertiary/aromatic N) is 1. The molecule has 1 heterocycles. The minimum absolute atomic E-state index is 0.00519. The fraction of sp³-hybridized carbons (Fsp3) is 0.909. The molecule has 1 aliphatic heterocycles. The van der Waals surface area contributed by atoms with Crippen molar-refractivity contribution < 1.29 is 15.0 Å². The molecule has 1 amide bonds. The smallest absolute Gasteiger partial charge is 0.227 e. The number of aliphatic hydroxyl groups is 2. The highest BCUT2D eigenvalue weighted by Gasteiger charge is 2.24. The van der Waals surface area contributed by atoms with E-state index < -0.39 is 0 Å². The standard InChI is InChI=1S/C9H17NO3.C2H6/c1-7(6-11)9(13)10-4-2-8(12)3-5-10;1-2/h7-8,11-12H,2-6H2,1H3;1-2H3. The normalized spacial score (nSPS) is 19.1. The molecule has 4 heteroatoms. The molecule has 0 radical (unpaired) electrons. The van der Waals surface area contributed by atoms with E-state index in [0.717, 1.165) is 0 Å². The summed E-state index contributed by atoms with van der Waals surface area (Å²) in [6, 6.07) is 0. The van der Waals surface area contributed by atoms with Gasteiger partial charge in [0.2, 0.25) is 5.91 Å². The van der Waals surface area contributed by atoms with Gasteiger partial charge >= 0.3 is 0 Å². The van der Waals surface area contributed by atoms with Crippen LogP contribution in [-0.4, -0.2) is 46.8 Å². The van der Waals surface area contributed by atoms with E-state index in [2.05, 4.69) is 0 Å². The Morgan fingerprint density at radius 3 is 2.27 bits per heavy atom. The third-order valence-electron chi connectivity index (χ3n) is 2.47. The van der Waals surface area contributed by atoms with Crippen LogP contribution in [0.4, 0.5) is 0 Å². The number of amides is 1. The van der Waals surface area contributed by atoms with Crippen LogP contribution >= 0.6 is 0 Å². The quantitative estimate of drug-likeness (QED) is 0.713. The number of likely N-dealkylation sites (tertiary alicyclic amines) is 1. The molecule has 2 N–H and O–H groups in total. The summed E-state index contributed by atoms with van der Waals surface area (Å²) < 4.78 is 0. The van der Waals surface area contributed by atoms with Gasteiger partial charge < -0.3 is 15.1 Å². The van der Waals surface area contributed by atoms with E-state index in [1.165, 1.54) is 0 Å². The number of hydrogen-bond acceptors (Lipinski definition) is 3. The van der Waals surface area contributed by atoms with Gasteiger partial charge in [0.05, 0.1) is 18.6 Å². The predicted molar refractivity (Wildman–Crippen MR) is 59.4 cm³/mol. The van der Waals surface area contributed by atoms with Crippen molar-refractivity contribution in [1.29, 1.82) is 0 Å². The first-order valence-electron chi connectivity index (χ1n) is 5.73. The first-order valence-corrected chi connectivity index (χ1v) is 5.73. The van der Waals surface area contributed by atoms with Gasteiger partial charge in [0.15, 0.2) is 0 Å². The van der Waals surface area contributed by atoms with Gasteiger partial charge in [-0.05, 0) is 12.8 Å². The summed E-state index contributed by atoms with van der Waals surface area (Å²) in [4.78, 5) is 13.2. The Bertz CT molecular complexity index is 177. The molecule has 4 nitrogen and oxygen atoms in total. The Morgan fingerprint density at radius 2 is 1.87 bits per heavy atom. The lowest BCUT2D eigenvalue weighted by Gasteiger charge is -2.31. The van der Waals surface area contributed by atoms with Gasteiger partial charge in [-0.15, -0.1) is 0 Å². The van der Waals surface area contributed by atoms with Gasteiger partial charge in [-0.3, -0.25) is 4.79 Å². The van der Waals surface area contributed by atoms with Crippen molar-refractivity contribution in [2.45, 2.75) is 39.7 Å². The van der Waals surface area contributed by atoms with Crippen LogP contribution in [0.2, 0.25) is 0 Å². The highest BCUT2D eigenvalue weighted by molar-refractivity contribution is 5.78. The zero-order chi connectivity index (χ0) is 11.8. The maximum absolute atomic E-state index is 11.5. The molecule has 1 unspecified atom stereocenters. The van der Waals surface area contributed by atoms with E-state index in [0.29, 0.717) is 25.9 Å². The second-order valence-electron chi connectivity index (χ2n) is 3.64. The number of rotatable bonds is 2. The molecule has 1 rings (SSSR count). The molecule has 0 saturated carbocycles. The molecule has 1 atom stereocenters. The zero-order valence-electron chi connectivity index (χ0n) is 9.94. The summed E-state index contributed by atoms with van der Waals surface area (Å²) in [7, 11) is 0. The predicted octanol–water partition coefficient (Wildman–Crippen LogP) is 0.624. The second-order valence-corrected chi connectivity index (χ2v) is 3.64. The summed E-state index contributed by atoms with van der Waals surface area (Å²) in [5.74, 6) is -0.315. The van der Waals surface area contributed by atoms with Gasteiger partial charge in [-0.2, -0.15) is 0 Å². The van der Waals surface area contributed by atoms with Crippen LogP contribution in [0, 0.1) is 5.92 Å². The molecule has 90 valence electrons. The molecule has 0 aliphatic carbocycles. The van der Waals surface area contributed by atoms with Crippen molar-refractivity contribution in [2.24, 2.45) is 5.92 Å². The van der Waals surface area contributed by atoms with Crippen molar-refractivity contribution in [3.05, 3.63) is 0 Å². The number of carbonyl (C=O) groups is 1. The molecular weight excluding hydrogens is 194 g/mol. The molecule has 0 aromatic carbocycles. The van der Waals surface area contributed by atoms with Gasteiger partial charge in [0.25, 0.3) is 0 Å². The summed E-state index contributed by atoms with van der Waals surface area (Å²) in [5.41, 5.74) is 0. The summed E-state index contributed by atoms with van der Waals surface area (Å²) in [5, 5.41) is 18.0. The van der Waals surface area contributed by atoms with Crippen molar-refractivity contribution in [1.82, 2.24) is 4.90 Å². The molecule has 0 aromatic rings. The van der Waals surface area contributed by atoms with Crippen LogP contribution in [0.1, 0.15) is 33.6 Å². The monoisotopic (exact) mass is 217 g/mol.